The van der Waals surface area contributed by atoms with E-state index < -0.39 is 23.5 Å². The molecule has 32 heavy (non-hydrogen) atoms. The maximum Gasteiger partial charge on any atom is 0.301 e. The Hall–Kier alpha value is -3.94. The zero-order valence-electron chi connectivity index (χ0n) is 17.5. The Labute approximate surface area is 183 Å². The molecule has 1 atom stereocenters. The van der Waals surface area contributed by atoms with Crippen LogP contribution in [0.4, 0.5) is 10.2 Å². The molecule has 1 aromatic heterocycles. The van der Waals surface area contributed by atoms with E-state index >= 15 is 0 Å². The molecule has 1 fully saturated rings. The molecular weight excluding hydrogens is 415 g/mol. The van der Waals surface area contributed by atoms with Crippen molar-refractivity contribution in [2.75, 3.05) is 11.5 Å². The molecule has 7 nitrogen and oxygen atoms in total. The predicted molar refractivity (Wildman–Crippen MR) is 115 cm³/mol. The van der Waals surface area contributed by atoms with Gasteiger partial charge in [0, 0.05) is 11.6 Å². The number of benzene rings is 2. The minimum absolute atomic E-state index is 0.121. The molecule has 1 amide bonds. The molecular formula is C24H21FN2O5. The maximum absolute atomic E-state index is 13.5. The van der Waals surface area contributed by atoms with Gasteiger partial charge in [0.1, 0.15) is 23.1 Å². The topological polar surface area (TPSA) is 92.9 Å². The van der Waals surface area contributed by atoms with Crippen LogP contribution in [0.2, 0.25) is 0 Å². The number of carbonyl (C=O) groups excluding carboxylic acids is 2. The van der Waals surface area contributed by atoms with E-state index in [-0.39, 0.29) is 17.2 Å². The molecule has 1 N–H and O–H groups in total. The van der Waals surface area contributed by atoms with Crippen LogP contribution in [-0.4, -0.2) is 28.6 Å². The van der Waals surface area contributed by atoms with E-state index in [4.69, 9.17) is 9.26 Å². The molecule has 2 heterocycles. The summed E-state index contributed by atoms with van der Waals surface area (Å²) in [5.74, 6) is -1.35. The molecule has 164 valence electrons. The van der Waals surface area contributed by atoms with Gasteiger partial charge in [-0.05, 0) is 55.3 Å². The molecule has 0 saturated carbocycles. The third kappa shape index (κ3) is 3.87. The highest BCUT2D eigenvalue weighted by molar-refractivity contribution is 6.51. The van der Waals surface area contributed by atoms with Gasteiger partial charge in [-0.2, -0.15) is 0 Å². The molecule has 1 saturated heterocycles. The zero-order valence-corrected chi connectivity index (χ0v) is 17.5. The lowest BCUT2D eigenvalue weighted by molar-refractivity contribution is -0.132. The van der Waals surface area contributed by atoms with Gasteiger partial charge in [-0.25, -0.2) is 4.39 Å². The fraction of sp³-hybridized carbons (Fsp3) is 0.208. The lowest BCUT2D eigenvalue weighted by Crippen LogP contribution is -2.29. The summed E-state index contributed by atoms with van der Waals surface area (Å²) in [4.78, 5) is 27.1. The Balaban J connectivity index is 1.83. The minimum Gasteiger partial charge on any atom is -0.507 e. The van der Waals surface area contributed by atoms with E-state index in [1.165, 1.54) is 30.3 Å². The van der Waals surface area contributed by atoms with Gasteiger partial charge in [-0.15, -0.1) is 0 Å². The predicted octanol–water partition coefficient (Wildman–Crippen LogP) is 4.54. The Kier molecular flexibility index (Phi) is 5.77. The highest BCUT2D eigenvalue weighted by Gasteiger charge is 2.48. The highest BCUT2D eigenvalue weighted by Crippen LogP contribution is 2.42. The SMILES string of the molecule is CCCOc1ccc(/C(O)=C2\C(=O)C(=O)N(c3cc(C)on3)C2c2ccc(F)cc2)cc1. The van der Waals surface area contributed by atoms with Gasteiger partial charge < -0.3 is 14.4 Å². The van der Waals surface area contributed by atoms with Crippen molar-refractivity contribution >= 4 is 23.3 Å². The van der Waals surface area contributed by atoms with Crippen molar-refractivity contribution < 1.29 is 28.3 Å². The first-order valence-corrected chi connectivity index (χ1v) is 10.1. The van der Waals surface area contributed by atoms with Crippen molar-refractivity contribution in [3.05, 3.63) is 82.9 Å². The molecule has 1 aliphatic rings. The number of ketones is 1. The van der Waals surface area contributed by atoms with E-state index in [0.717, 1.165) is 11.3 Å². The number of Topliss-reactive ketones (excluding diaryl/α,β-unsaturated/α-hetero) is 1. The monoisotopic (exact) mass is 436 g/mol. The number of hydrogen-bond acceptors (Lipinski definition) is 6. The number of rotatable bonds is 6. The molecule has 8 heteroatoms. The molecule has 4 rings (SSSR count). The van der Waals surface area contributed by atoms with E-state index in [9.17, 15) is 19.1 Å². The van der Waals surface area contributed by atoms with Crippen LogP contribution in [0.1, 0.15) is 36.3 Å². The lowest BCUT2D eigenvalue weighted by atomic mass is 9.95. The summed E-state index contributed by atoms with van der Waals surface area (Å²) in [6.07, 6.45) is 0.852. The second-order valence-corrected chi connectivity index (χ2v) is 7.39. The van der Waals surface area contributed by atoms with Crippen molar-refractivity contribution in [1.29, 1.82) is 0 Å². The molecule has 0 bridgehead atoms. The summed E-state index contributed by atoms with van der Waals surface area (Å²) < 4.78 is 24.2. The van der Waals surface area contributed by atoms with Crippen molar-refractivity contribution in [2.45, 2.75) is 26.3 Å². The van der Waals surface area contributed by atoms with Gasteiger partial charge in [0.25, 0.3) is 5.78 Å². The number of halogens is 1. The summed E-state index contributed by atoms with van der Waals surface area (Å²) in [6.45, 7) is 4.20. The van der Waals surface area contributed by atoms with Crippen molar-refractivity contribution in [3.8, 4) is 5.75 Å². The minimum atomic E-state index is -1.00. The Morgan fingerprint density at radius 2 is 1.84 bits per heavy atom. The van der Waals surface area contributed by atoms with Gasteiger partial charge in [-0.3, -0.25) is 14.5 Å². The largest absolute Gasteiger partial charge is 0.507 e. The third-order valence-electron chi connectivity index (χ3n) is 5.09. The zero-order chi connectivity index (χ0) is 22.8. The maximum atomic E-state index is 13.5. The molecule has 1 unspecified atom stereocenters. The van der Waals surface area contributed by atoms with Crippen LogP contribution in [-0.2, 0) is 9.59 Å². The van der Waals surface area contributed by atoms with Gasteiger partial charge in [0.15, 0.2) is 5.82 Å². The molecule has 0 aliphatic carbocycles. The van der Waals surface area contributed by atoms with Crippen LogP contribution in [0.5, 0.6) is 5.75 Å². The van der Waals surface area contributed by atoms with Gasteiger partial charge in [0.2, 0.25) is 0 Å². The molecule has 2 aromatic carbocycles. The van der Waals surface area contributed by atoms with E-state index in [0.29, 0.717) is 29.2 Å². The summed E-state index contributed by atoms with van der Waals surface area (Å²) in [6, 6.07) is 12.4. The number of hydrogen-bond donors (Lipinski definition) is 1. The second-order valence-electron chi connectivity index (χ2n) is 7.39. The number of aliphatic hydroxyl groups excluding tert-OH is 1. The molecule has 0 radical (unpaired) electrons. The molecule has 0 spiro atoms. The first-order chi connectivity index (χ1) is 15.4. The van der Waals surface area contributed by atoms with Crippen LogP contribution in [0.3, 0.4) is 0 Å². The van der Waals surface area contributed by atoms with Crippen LogP contribution >= 0.6 is 0 Å². The number of aryl methyl sites for hydroxylation is 1. The third-order valence-corrected chi connectivity index (χ3v) is 5.09. The number of anilines is 1. The Morgan fingerprint density at radius 1 is 1.16 bits per heavy atom. The first kappa shape index (κ1) is 21.3. The number of aliphatic hydroxyl groups is 1. The first-order valence-electron chi connectivity index (χ1n) is 10.1. The van der Waals surface area contributed by atoms with E-state index in [1.54, 1.807) is 31.2 Å². The summed E-state index contributed by atoms with van der Waals surface area (Å²) >= 11 is 0. The average molecular weight is 436 g/mol. The number of ether oxygens (including phenoxy) is 1. The number of amides is 1. The highest BCUT2D eigenvalue weighted by atomic mass is 19.1. The second kappa shape index (κ2) is 8.66. The van der Waals surface area contributed by atoms with Crippen LogP contribution in [0, 0.1) is 12.7 Å². The van der Waals surface area contributed by atoms with Gasteiger partial charge >= 0.3 is 5.91 Å². The van der Waals surface area contributed by atoms with Crippen LogP contribution < -0.4 is 9.64 Å². The molecule has 3 aromatic rings. The Morgan fingerprint density at radius 3 is 2.44 bits per heavy atom. The van der Waals surface area contributed by atoms with E-state index in [1.807, 2.05) is 6.92 Å². The lowest BCUT2D eigenvalue weighted by Gasteiger charge is -2.22. The van der Waals surface area contributed by atoms with Gasteiger partial charge in [-0.1, -0.05) is 24.2 Å². The van der Waals surface area contributed by atoms with Gasteiger partial charge in [0.05, 0.1) is 18.2 Å². The summed E-state index contributed by atoms with van der Waals surface area (Å²) in [5.41, 5.74) is 0.662. The molecule has 1 aliphatic heterocycles. The summed E-state index contributed by atoms with van der Waals surface area (Å²) in [5, 5.41) is 14.9. The smallest absolute Gasteiger partial charge is 0.301 e. The fourth-order valence-corrected chi connectivity index (χ4v) is 3.58. The van der Waals surface area contributed by atoms with Crippen molar-refractivity contribution in [1.82, 2.24) is 5.16 Å². The van der Waals surface area contributed by atoms with Crippen molar-refractivity contribution in [3.63, 3.8) is 0 Å². The standard InChI is InChI=1S/C24H21FN2O5/c1-3-12-31-18-10-6-16(7-11-18)22(28)20-21(15-4-8-17(25)9-5-15)27(24(30)23(20)29)19-13-14(2)32-26-19/h4-11,13,21,28H,3,12H2,1-2H3/b22-20+. The number of aromatic nitrogens is 1. The summed E-state index contributed by atoms with van der Waals surface area (Å²) in [7, 11) is 0. The average Bonchev–Trinajstić information content (AvgIpc) is 3.33. The Bertz CT molecular complexity index is 1180. The fourth-order valence-electron chi connectivity index (χ4n) is 3.58. The normalized spacial score (nSPS) is 17.7. The van der Waals surface area contributed by atoms with Crippen LogP contribution in [0.25, 0.3) is 5.76 Å². The van der Waals surface area contributed by atoms with E-state index in [2.05, 4.69) is 5.16 Å². The van der Waals surface area contributed by atoms with Crippen molar-refractivity contribution in [2.24, 2.45) is 0 Å². The number of nitrogens with zero attached hydrogens (tertiary/aromatic N) is 2. The van der Waals surface area contributed by atoms with Crippen LogP contribution in [0.15, 0.2) is 64.7 Å². The number of carbonyl (C=O) groups is 2. The quantitative estimate of drug-likeness (QED) is 0.347.